The second kappa shape index (κ2) is 10.4. The summed E-state index contributed by atoms with van der Waals surface area (Å²) in [6, 6.07) is 17.4. The number of nitrogens with one attached hydrogen (secondary N) is 1. The van der Waals surface area contributed by atoms with Crippen molar-refractivity contribution in [2.24, 2.45) is 5.73 Å². The van der Waals surface area contributed by atoms with Gasteiger partial charge in [0.25, 0.3) is 5.56 Å². The smallest absolute Gasteiger partial charge is 0.411 e. The Hall–Kier alpha value is -3.98. The van der Waals surface area contributed by atoms with Gasteiger partial charge >= 0.3 is 12.1 Å². The summed E-state index contributed by atoms with van der Waals surface area (Å²) < 4.78 is 10.3. The summed E-state index contributed by atoms with van der Waals surface area (Å²) in [6.07, 6.45) is -0.0950. The van der Waals surface area contributed by atoms with Crippen LogP contribution >= 0.6 is 0 Å². The van der Waals surface area contributed by atoms with Gasteiger partial charge in [-0.1, -0.05) is 42.5 Å². The zero-order valence-corrected chi connectivity index (χ0v) is 17.8. The molecule has 1 aromatic heterocycles. The fraction of sp³-hybridized carbons (Fsp3) is 0.217. The molecule has 3 aromatic rings. The number of ether oxygens (including phenoxy) is 2. The van der Waals surface area contributed by atoms with E-state index in [1.807, 2.05) is 30.3 Å². The number of carbonyl (C=O) groups is 2. The first kappa shape index (κ1) is 22.7. The monoisotopic (exact) mass is 436 g/mol. The van der Waals surface area contributed by atoms with E-state index in [2.05, 4.69) is 15.2 Å². The van der Waals surface area contributed by atoms with Gasteiger partial charge in [0.1, 0.15) is 6.54 Å². The fourth-order valence-electron chi connectivity index (χ4n) is 3.12. The number of amides is 1. The lowest BCUT2D eigenvalue weighted by Gasteiger charge is -2.15. The molecule has 2 aromatic carbocycles. The Bertz CT molecular complexity index is 1140. The Morgan fingerprint density at radius 1 is 1.06 bits per heavy atom. The minimum Gasteiger partial charge on any atom is -0.468 e. The standard InChI is InChI=1S/C23H24N4O5/c1-31-21(28)14-27-22(29)18(16-8-10-17(11-9-16)25-23(30)32-2)13-20(26-27)19(24)12-15-6-4-3-5-7-15/h3-11,13,19H,12,14,24H2,1-2H3,(H,25,30)/t19-/m0/s1. The molecular formula is C23H24N4O5. The predicted molar refractivity (Wildman–Crippen MR) is 119 cm³/mol. The molecule has 9 nitrogen and oxygen atoms in total. The second-order valence-corrected chi connectivity index (χ2v) is 7.01. The molecule has 1 atom stereocenters. The van der Waals surface area contributed by atoms with Crippen molar-refractivity contribution in [3.63, 3.8) is 0 Å². The maximum atomic E-state index is 13.0. The van der Waals surface area contributed by atoms with Crippen LogP contribution in [0.3, 0.4) is 0 Å². The number of nitrogens with zero attached hydrogens (tertiary/aromatic N) is 2. The van der Waals surface area contributed by atoms with Gasteiger partial charge in [-0.15, -0.1) is 0 Å². The average molecular weight is 436 g/mol. The van der Waals surface area contributed by atoms with Gasteiger partial charge in [0.2, 0.25) is 0 Å². The van der Waals surface area contributed by atoms with E-state index < -0.39 is 23.7 Å². The molecule has 9 heteroatoms. The van der Waals surface area contributed by atoms with E-state index in [1.165, 1.54) is 14.2 Å². The molecule has 0 bridgehead atoms. The molecule has 0 aliphatic heterocycles. The van der Waals surface area contributed by atoms with Crippen LogP contribution in [0.15, 0.2) is 65.5 Å². The molecule has 1 heterocycles. The van der Waals surface area contributed by atoms with Crippen LogP contribution in [0.4, 0.5) is 10.5 Å². The van der Waals surface area contributed by atoms with Gasteiger partial charge < -0.3 is 15.2 Å². The normalized spacial score (nSPS) is 11.5. The topological polar surface area (TPSA) is 126 Å². The Kier molecular flexibility index (Phi) is 7.35. The van der Waals surface area contributed by atoms with Crippen molar-refractivity contribution in [1.29, 1.82) is 0 Å². The first-order valence-electron chi connectivity index (χ1n) is 9.85. The number of rotatable bonds is 7. The molecule has 0 unspecified atom stereocenters. The van der Waals surface area contributed by atoms with Crippen molar-refractivity contribution in [3.8, 4) is 11.1 Å². The molecule has 1 amide bonds. The zero-order valence-electron chi connectivity index (χ0n) is 17.8. The summed E-state index contributed by atoms with van der Waals surface area (Å²) in [5, 5.41) is 6.86. The van der Waals surface area contributed by atoms with Crippen LogP contribution < -0.4 is 16.6 Å². The molecule has 0 aliphatic carbocycles. The summed E-state index contributed by atoms with van der Waals surface area (Å²) in [6.45, 7) is -0.337. The molecule has 0 saturated heterocycles. The second-order valence-electron chi connectivity index (χ2n) is 7.01. The van der Waals surface area contributed by atoms with Gasteiger partial charge in [-0.25, -0.2) is 9.48 Å². The van der Waals surface area contributed by atoms with Crippen LogP contribution in [0.1, 0.15) is 17.3 Å². The van der Waals surface area contributed by atoms with Crippen molar-refractivity contribution in [1.82, 2.24) is 9.78 Å². The number of carbonyl (C=O) groups excluding carboxylic acids is 2. The third-order valence-electron chi connectivity index (χ3n) is 4.81. The van der Waals surface area contributed by atoms with Gasteiger partial charge in [-0.2, -0.15) is 5.10 Å². The summed E-state index contributed by atoms with van der Waals surface area (Å²) in [7, 11) is 2.51. The number of methoxy groups -OCH3 is 2. The molecule has 0 fully saturated rings. The largest absolute Gasteiger partial charge is 0.468 e. The number of nitrogens with two attached hydrogens (primary N) is 1. The number of hydrogen-bond acceptors (Lipinski definition) is 7. The average Bonchev–Trinajstić information content (AvgIpc) is 2.81. The number of esters is 1. The van der Waals surface area contributed by atoms with E-state index in [0.717, 1.165) is 10.2 Å². The van der Waals surface area contributed by atoms with Crippen LogP contribution in [0, 0.1) is 0 Å². The first-order chi connectivity index (χ1) is 15.4. The third kappa shape index (κ3) is 5.58. The lowest BCUT2D eigenvalue weighted by Crippen LogP contribution is -2.31. The van der Waals surface area contributed by atoms with E-state index in [1.54, 1.807) is 30.3 Å². The van der Waals surface area contributed by atoms with E-state index in [-0.39, 0.29) is 6.54 Å². The third-order valence-corrected chi connectivity index (χ3v) is 4.81. The van der Waals surface area contributed by atoms with Gasteiger partial charge in [0, 0.05) is 5.69 Å². The van der Waals surface area contributed by atoms with Crippen LogP contribution in [0.5, 0.6) is 0 Å². The summed E-state index contributed by atoms with van der Waals surface area (Å²) in [4.78, 5) is 36.2. The number of benzene rings is 2. The van der Waals surface area contributed by atoms with Crippen molar-refractivity contribution in [3.05, 3.63) is 82.3 Å². The minimum absolute atomic E-state index is 0.326. The number of aromatic nitrogens is 2. The SMILES string of the molecule is COC(=O)Cn1nc([C@@H](N)Cc2ccccc2)cc(-c2ccc(NC(=O)OC)cc2)c1=O. The van der Waals surface area contributed by atoms with Gasteiger partial charge in [0.05, 0.1) is 31.5 Å². The van der Waals surface area contributed by atoms with E-state index in [9.17, 15) is 14.4 Å². The Labute approximate surface area is 184 Å². The highest BCUT2D eigenvalue weighted by molar-refractivity contribution is 5.85. The lowest BCUT2D eigenvalue weighted by molar-refractivity contribution is -0.141. The highest BCUT2D eigenvalue weighted by Crippen LogP contribution is 2.22. The Balaban J connectivity index is 1.99. The number of anilines is 1. The highest BCUT2D eigenvalue weighted by atomic mass is 16.5. The molecule has 0 saturated carbocycles. The Morgan fingerprint density at radius 2 is 1.75 bits per heavy atom. The van der Waals surface area contributed by atoms with Gasteiger partial charge in [0.15, 0.2) is 0 Å². The maximum Gasteiger partial charge on any atom is 0.411 e. The van der Waals surface area contributed by atoms with E-state index >= 15 is 0 Å². The first-order valence-corrected chi connectivity index (χ1v) is 9.85. The molecule has 3 rings (SSSR count). The quantitative estimate of drug-likeness (QED) is 0.545. The predicted octanol–water partition coefficient (Wildman–Crippen LogP) is 2.50. The fourth-order valence-corrected chi connectivity index (χ4v) is 3.12. The van der Waals surface area contributed by atoms with Crippen LogP contribution in [0.2, 0.25) is 0 Å². The van der Waals surface area contributed by atoms with Crippen LogP contribution in [-0.4, -0.2) is 36.1 Å². The molecule has 3 N–H and O–H groups in total. The zero-order chi connectivity index (χ0) is 23.1. The van der Waals surface area contributed by atoms with Crippen LogP contribution in [0.25, 0.3) is 11.1 Å². The van der Waals surface area contributed by atoms with Crippen molar-refractivity contribution in [2.45, 2.75) is 19.0 Å². The van der Waals surface area contributed by atoms with Gasteiger partial charge in [-0.3, -0.25) is 14.9 Å². The van der Waals surface area contributed by atoms with E-state index in [0.29, 0.717) is 28.9 Å². The van der Waals surface area contributed by atoms with E-state index in [4.69, 9.17) is 10.5 Å². The number of hydrogen-bond donors (Lipinski definition) is 2. The molecule has 32 heavy (non-hydrogen) atoms. The van der Waals surface area contributed by atoms with Gasteiger partial charge in [-0.05, 0) is 35.7 Å². The van der Waals surface area contributed by atoms with Crippen molar-refractivity contribution < 1.29 is 19.1 Å². The minimum atomic E-state index is -0.601. The summed E-state index contributed by atoms with van der Waals surface area (Å²) in [5.74, 6) is -0.600. The maximum absolute atomic E-state index is 13.0. The van der Waals surface area contributed by atoms with Crippen LogP contribution in [-0.2, 0) is 27.2 Å². The molecule has 0 spiro atoms. The Morgan fingerprint density at radius 3 is 2.38 bits per heavy atom. The molecule has 0 aliphatic rings. The molecule has 166 valence electrons. The molecule has 0 radical (unpaired) electrons. The molecular weight excluding hydrogens is 412 g/mol. The summed E-state index contributed by atoms with van der Waals surface area (Å²) >= 11 is 0. The van der Waals surface area contributed by atoms with Crippen molar-refractivity contribution in [2.75, 3.05) is 19.5 Å². The highest BCUT2D eigenvalue weighted by Gasteiger charge is 2.17. The lowest BCUT2D eigenvalue weighted by atomic mass is 10.0. The summed E-state index contributed by atoms with van der Waals surface area (Å²) in [5.41, 5.74) is 8.83. The van der Waals surface area contributed by atoms with Crippen molar-refractivity contribution >= 4 is 17.7 Å².